The van der Waals surface area contributed by atoms with Crippen molar-refractivity contribution in [1.82, 2.24) is 0 Å². The van der Waals surface area contributed by atoms with E-state index in [4.69, 9.17) is 14.2 Å². The van der Waals surface area contributed by atoms with Gasteiger partial charge in [-0.25, -0.2) is 4.39 Å². The van der Waals surface area contributed by atoms with Gasteiger partial charge in [-0.15, -0.1) is 6.58 Å². The van der Waals surface area contributed by atoms with Crippen LogP contribution in [0.3, 0.4) is 0 Å². The molecule has 2 aliphatic heterocycles. The van der Waals surface area contributed by atoms with Gasteiger partial charge >= 0.3 is 0 Å². The minimum Gasteiger partial charge on any atom is -0.488 e. The molecule has 1 aromatic rings. The van der Waals surface area contributed by atoms with Crippen LogP contribution < -0.4 is 9.47 Å². The Morgan fingerprint density at radius 1 is 1.28 bits per heavy atom. The lowest BCUT2D eigenvalue weighted by Crippen LogP contribution is -2.30. The number of hydrogen-bond acceptors (Lipinski definition) is 3. The van der Waals surface area contributed by atoms with Crippen molar-refractivity contribution in [2.24, 2.45) is 5.92 Å². The molecular weight excluding hydrogens is 417 g/mol. The third kappa shape index (κ3) is 5.47. The largest absolute Gasteiger partial charge is 0.488 e. The van der Waals surface area contributed by atoms with Crippen LogP contribution in [0.2, 0.25) is 0 Å². The summed E-state index contributed by atoms with van der Waals surface area (Å²) in [5.41, 5.74) is 0.869. The number of benzene rings is 1. The molecule has 32 heavy (non-hydrogen) atoms. The average molecular weight is 449 g/mol. The molecule has 6 heteroatoms. The van der Waals surface area contributed by atoms with Crippen LogP contribution in [0, 0.1) is 17.6 Å². The molecule has 0 amide bonds. The van der Waals surface area contributed by atoms with E-state index in [9.17, 15) is 13.2 Å². The van der Waals surface area contributed by atoms with Gasteiger partial charge in [0.25, 0.3) is 0 Å². The number of ether oxygens (including phenoxy) is 3. The Hall–Kier alpha value is -2.47. The van der Waals surface area contributed by atoms with Crippen molar-refractivity contribution < 1.29 is 27.4 Å². The maximum absolute atomic E-state index is 14.8. The highest BCUT2D eigenvalue weighted by Crippen LogP contribution is 2.41. The fourth-order valence-corrected chi connectivity index (χ4v) is 4.02. The van der Waals surface area contributed by atoms with Crippen molar-refractivity contribution in [2.75, 3.05) is 13.2 Å². The Bertz CT molecular complexity index is 911. The number of rotatable bonds is 9. The van der Waals surface area contributed by atoms with Crippen molar-refractivity contribution in [3.8, 4) is 11.5 Å². The summed E-state index contributed by atoms with van der Waals surface area (Å²) >= 11 is 0. The van der Waals surface area contributed by atoms with E-state index < -0.39 is 17.5 Å². The van der Waals surface area contributed by atoms with E-state index >= 15 is 0 Å². The minimum atomic E-state index is -1.21. The van der Waals surface area contributed by atoms with E-state index in [1.165, 1.54) is 6.07 Å². The molecule has 2 unspecified atom stereocenters. The topological polar surface area (TPSA) is 27.7 Å². The highest BCUT2D eigenvalue weighted by molar-refractivity contribution is 5.52. The zero-order valence-electron chi connectivity index (χ0n) is 18.7. The zero-order valence-corrected chi connectivity index (χ0v) is 18.7. The van der Waals surface area contributed by atoms with Crippen LogP contribution in [0.15, 0.2) is 54.6 Å². The molecule has 1 aromatic carbocycles. The molecule has 2 aliphatic rings. The van der Waals surface area contributed by atoms with E-state index in [1.54, 1.807) is 6.08 Å². The molecule has 0 radical (unpaired) electrons. The molecule has 0 spiro atoms. The SMILES string of the molecule is C=CCCC(=C)/C(F)=C1/Oc2c(cc(OCC3CCC(CCC)CO3)c(F)c2F)CC1=C. The summed E-state index contributed by atoms with van der Waals surface area (Å²) < 4.78 is 61.1. The molecule has 2 heterocycles. The molecular formula is C26H31F3O3. The summed E-state index contributed by atoms with van der Waals surface area (Å²) in [5.74, 6) is -3.30. The molecule has 0 aliphatic carbocycles. The Morgan fingerprint density at radius 3 is 2.72 bits per heavy atom. The zero-order chi connectivity index (χ0) is 23.3. The lowest BCUT2D eigenvalue weighted by atomic mass is 9.94. The predicted molar refractivity (Wildman–Crippen MR) is 119 cm³/mol. The van der Waals surface area contributed by atoms with Crippen LogP contribution >= 0.6 is 0 Å². The van der Waals surface area contributed by atoms with Crippen molar-refractivity contribution in [1.29, 1.82) is 0 Å². The third-order valence-electron chi connectivity index (χ3n) is 5.88. The molecule has 0 bridgehead atoms. The molecule has 1 fully saturated rings. The first kappa shape index (κ1) is 24.2. The van der Waals surface area contributed by atoms with Gasteiger partial charge in [0.1, 0.15) is 6.61 Å². The lowest BCUT2D eigenvalue weighted by Gasteiger charge is -2.29. The van der Waals surface area contributed by atoms with E-state index in [-0.39, 0.29) is 42.0 Å². The minimum absolute atomic E-state index is 0.110. The molecule has 1 saturated heterocycles. The summed E-state index contributed by atoms with van der Waals surface area (Å²) in [6.07, 6.45) is 6.58. The van der Waals surface area contributed by atoms with Gasteiger partial charge in [0, 0.05) is 18.6 Å². The second kappa shape index (κ2) is 10.9. The molecule has 0 aromatic heterocycles. The van der Waals surface area contributed by atoms with Crippen molar-refractivity contribution >= 4 is 0 Å². The van der Waals surface area contributed by atoms with Gasteiger partial charge in [0.05, 0.1) is 6.10 Å². The van der Waals surface area contributed by atoms with Crippen molar-refractivity contribution in [3.05, 3.63) is 71.8 Å². The third-order valence-corrected chi connectivity index (χ3v) is 5.88. The van der Waals surface area contributed by atoms with Crippen LogP contribution in [-0.2, 0) is 11.2 Å². The standard InChI is InChI=1S/C26H31F3O3/c1-5-7-9-16(3)22(27)25-17(4)12-19-13-21(23(28)24(29)26(19)32-25)31-15-20-11-10-18(8-6-2)14-30-20/h5,13,18,20H,1,3-4,6-12,14-15H2,2H3/b25-22-. The number of hydrogen-bond donors (Lipinski definition) is 0. The van der Waals surface area contributed by atoms with Crippen LogP contribution in [0.4, 0.5) is 13.2 Å². The summed E-state index contributed by atoms with van der Waals surface area (Å²) in [5, 5.41) is 0. The van der Waals surface area contributed by atoms with Crippen molar-refractivity contribution in [3.63, 3.8) is 0 Å². The lowest BCUT2D eigenvalue weighted by molar-refractivity contribution is -0.0397. The van der Waals surface area contributed by atoms with Gasteiger partial charge in [0.15, 0.2) is 23.1 Å². The van der Waals surface area contributed by atoms with Gasteiger partial charge in [0.2, 0.25) is 11.6 Å². The fourth-order valence-electron chi connectivity index (χ4n) is 4.02. The van der Waals surface area contributed by atoms with E-state index in [2.05, 4.69) is 26.7 Å². The average Bonchev–Trinajstić information content (AvgIpc) is 2.79. The molecule has 174 valence electrons. The Morgan fingerprint density at radius 2 is 2.06 bits per heavy atom. The van der Waals surface area contributed by atoms with E-state index in [0.29, 0.717) is 36.5 Å². The number of allylic oxidation sites excluding steroid dienone is 4. The highest BCUT2D eigenvalue weighted by atomic mass is 19.2. The molecule has 2 atom stereocenters. The fraction of sp³-hybridized carbons (Fsp3) is 0.462. The monoisotopic (exact) mass is 448 g/mol. The van der Waals surface area contributed by atoms with E-state index in [1.807, 2.05) is 0 Å². The Kier molecular flexibility index (Phi) is 8.24. The predicted octanol–water partition coefficient (Wildman–Crippen LogP) is 7.13. The first-order valence-electron chi connectivity index (χ1n) is 11.2. The molecule has 3 nitrogen and oxygen atoms in total. The van der Waals surface area contributed by atoms with Gasteiger partial charge in [-0.3, -0.25) is 0 Å². The number of fused-ring (bicyclic) bond motifs is 1. The summed E-state index contributed by atoms with van der Waals surface area (Å²) in [6, 6.07) is 1.39. The quantitative estimate of drug-likeness (QED) is 0.376. The molecule has 0 saturated carbocycles. The summed E-state index contributed by atoms with van der Waals surface area (Å²) in [7, 11) is 0. The Balaban J connectivity index is 1.72. The second-order valence-electron chi connectivity index (χ2n) is 8.45. The maximum atomic E-state index is 14.8. The van der Waals surface area contributed by atoms with Crippen LogP contribution in [0.25, 0.3) is 0 Å². The number of halogens is 3. The van der Waals surface area contributed by atoms with E-state index in [0.717, 1.165) is 25.7 Å². The van der Waals surface area contributed by atoms with Crippen molar-refractivity contribution in [2.45, 2.75) is 58.0 Å². The van der Waals surface area contributed by atoms with Crippen LogP contribution in [-0.4, -0.2) is 19.3 Å². The first-order chi connectivity index (χ1) is 15.3. The van der Waals surface area contributed by atoms with Gasteiger partial charge in [-0.05, 0) is 55.2 Å². The maximum Gasteiger partial charge on any atom is 0.205 e. The Labute approximate surface area is 188 Å². The highest BCUT2D eigenvalue weighted by Gasteiger charge is 2.30. The molecule has 0 N–H and O–H groups in total. The molecule has 3 rings (SSSR count). The smallest absolute Gasteiger partial charge is 0.205 e. The van der Waals surface area contributed by atoms with Gasteiger partial charge in [-0.1, -0.05) is 32.6 Å². The summed E-state index contributed by atoms with van der Waals surface area (Å²) in [6.45, 7) is 14.1. The van der Waals surface area contributed by atoms with Crippen LogP contribution in [0.5, 0.6) is 11.5 Å². The summed E-state index contributed by atoms with van der Waals surface area (Å²) in [4.78, 5) is 0. The normalized spacial score (nSPS) is 22.1. The first-order valence-corrected chi connectivity index (χ1v) is 11.2. The van der Waals surface area contributed by atoms with Gasteiger partial charge in [-0.2, -0.15) is 8.78 Å². The van der Waals surface area contributed by atoms with Crippen LogP contribution in [0.1, 0.15) is 51.0 Å². The second-order valence-corrected chi connectivity index (χ2v) is 8.45. The van der Waals surface area contributed by atoms with Gasteiger partial charge < -0.3 is 14.2 Å².